The minimum atomic E-state index is -0.133. The molecular weight excluding hydrogens is 480 g/mol. The number of benzene rings is 2. The summed E-state index contributed by atoms with van der Waals surface area (Å²) in [5.41, 5.74) is 2.38. The number of halogens is 1. The first-order valence-corrected chi connectivity index (χ1v) is 12.3. The number of nitrogens with zero attached hydrogens (tertiary/aromatic N) is 6. The number of aromatic nitrogens is 4. The van der Waals surface area contributed by atoms with Gasteiger partial charge in [-0.25, -0.2) is 4.68 Å². The molecule has 2 saturated heterocycles. The fourth-order valence-corrected chi connectivity index (χ4v) is 5.08. The highest BCUT2D eigenvalue weighted by Gasteiger charge is 2.33. The molecule has 36 heavy (non-hydrogen) atoms. The third-order valence-electron chi connectivity index (χ3n) is 6.96. The molecule has 9 nitrogen and oxygen atoms in total. The molecule has 0 aliphatic carbocycles. The van der Waals surface area contributed by atoms with E-state index in [9.17, 15) is 0 Å². The summed E-state index contributed by atoms with van der Waals surface area (Å²) in [6.07, 6.45) is 2.27. The summed E-state index contributed by atoms with van der Waals surface area (Å²) in [5.74, 6) is 2.35. The maximum Gasteiger partial charge on any atom is 0.173 e. The monoisotopic (exact) mass is 514 g/mol. The van der Waals surface area contributed by atoms with Crippen molar-refractivity contribution in [1.29, 1.82) is 0 Å². The maximum atomic E-state index is 5.88. The van der Waals surface area contributed by atoms with Gasteiger partial charge in [-0.05, 0) is 41.0 Å². The number of hydrogen-bond donors (Lipinski definition) is 0. The number of rotatable bonds is 9. The maximum absolute atomic E-state index is 5.88. The molecule has 1 aromatic heterocycles. The highest BCUT2D eigenvalue weighted by atomic mass is 35.5. The largest absolute Gasteiger partial charge is 0.497 e. The standard InChI is InChI=1S/C26H34N6O3.ClH/c1-33-21-10-11-23(24(17-21)34-2)25(26-27-28-29-32(26)19-22-9-6-16-35-22)31-14-12-30(13-15-31)18-20-7-4-3-5-8-20;/h3-5,7-8,10-11,17,22,25H,6,9,12-16,18-19H2,1-2H3;1H. The molecule has 3 heterocycles. The Labute approximate surface area is 218 Å². The van der Waals surface area contributed by atoms with Crippen LogP contribution in [0, 0.1) is 0 Å². The second kappa shape index (κ2) is 12.5. The molecule has 0 radical (unpaired) electrons. The zero-order valence-electron chi connectivity index (χ0n) is 21.0. The van der Waals surface area contributed by atoms with Crippen molar-refractivity contribution in [3.8, 4) is 11.5 Å². The van der Waals surface area contributed by atoms with E-state index in [4.69, 9.17) is 14.2 Å². The van der Waals surface area contributed by atoms with Crippen molar-refractivity contribution in [3.63, 3.8) is 0 Å². The van der Waals surface area contributed by atoms with Gasteiger partial charge in [0, 0.05) is 51.0 Å². The van der Waals surface area contributed by atoms with Crippen molar-refractivity contribution in [1.82, 2.24) is 30.0 Å². The van der Waals surface area contributed by atoms with Crippen LogP contribution in [-0.2, 0) is 17.8 Å². The Hall–Kier alpha value is -2.72. The Balaban J connectivity index is 0.00000304. The molecule has 2 aliphatic heterocycles. The highest BCUT2D eigenvalue weighted by Crippen LogP contribution is 2.36. The summed E-state index contributed by atoms with van der Waals surface area (Å²) >= 11 is 0. The SMILES string of the molecule is COc1ccc(C(c2nnnn2CC2CCCO2)N2CCN(Cc3ccccc3)CC2)c(OC)c1.Cl. The zero-order chi connectivity index (χ0) is 24.0. The summed E-state index contributed by atoms with van der Waals surface area (Å²) in [6, 6.07) is 16.5. The third kappa shape index (κ3) is 5.98. The van der Waals surface area contributed by atoms with Gasteiger partial charge in [-0.1, -0.05) is 30.3 Å². The van der Waals surface area contributed by atoms with E-state index in [0.717, 1.165) is 75.1 Å². The van der Waals surface area contributed by atoms with Crippen LogP contribution in [-0.4, -0.2) is 83.1 Å². The Kier molecular flexibility index (Phi) is 9.14. The number of piperazine rings is 1. The molecule has 5 rings (SSSR count). The molecule has 2 fully saturated rings. The van der Waals surface area contributed by atoms with Gasteiger partial charge in [-0.3, -0.25) is 9.80 Å². The number of methoxy groups -OCH3 is 2. The fourth-order valence-electron chi connectivity index (χ4n) is 5.08. The molecule has 0 saturated carbocycles. The first-order valence-electron chi connectivity index (χ1n) is 12.3. The van der Waals surface area contributed by atoms with Crippen LogP contribution in [0.1, 0.15) is 35.8 Å². The van der Waals surface area contributed by atoms with Crippen molar-refractivity contribution in [2.45, 2.75) is 38.1 Å². The van der Waals surface area contributed by atoms with Gasteiger partial charge in [0.1, 0.15) is 17.5 Å². The normalized spacial score (nSPS) is 19.6. The summed E-state index contributed by atoms with van der Waals surface area (Å²) in [6.45, 7) is 6.17. The lowest BCUT2D eigenvalue weighted by Gasteiger charge is -2.39. The van der Waals surface area contributed by atoms with Crippen LogP contribution in [0.15, 0.2) is 48.5 Å². The van der Waals surface area contributed by atoms with Crippen molar-refractivity contribution in [3.05, 3.63) is 65.5 Å². The van der Waals surface area contributed by atoms with E-state index in [0.29, 0.717) is 6.54 Å². The van der Waals surface area contributed by atoms with Gasteiger partial charge < -0.3 is 14.2 Å². The van der Waals surface area contributed by atoms with Crippen LogP contribution in [0.4, 0.5) is 0 Å². The quantitative estimate of drug-likeness (QED) is 0.431. The molecule has 3 aromatic rings. The molecule has 2 atom stereocenters. The second-order valence-corrected chi connectivity index (χ2v) is 9.16. The van der Waals surface area contributed by atoms with Crippen molar-refractivity contribution >= 4 is 12.4 Å². The first kappa shape index (κ1) is 26.3. The molecule has 0 bridgehead atoms. The molecule has 0 amide bonds. The van der Waals surface area contributed by atoms with Crippen molar-refractivity contribution in [2.75, 3.05) is 47.0 Å². The summed E-state index contributed by atoms with van der Waals surface area (Å²) in [7, 11) is 3.36. The lowest BCUT2D eigenvalue weighted by molar-refractivity contribution is 0.0838. The van der Waals surface area contributed by atoms with E-state index < -0.39 is 0 Å². The van der Waals surface area contributed by atoms with Crippen LogP contribution < -0.4 is 9.47 Å². The van der Waals surface area contributed by atoms with E-state index in [1.54, 1.807) is 14.2 Å². The van der Waals surface area contributed by atoms with Gasteiger partial charge in [0.05, 0.1) is 26.9 Å². The Bertz CT molecular complexity index is 1080. The molecule has 194 valence electrons. The number of hydrogen-bond acceptors (Lipinski definition) is 8. The van der Waals surface area contributed by atoms with Gasteiger partial charge in [0.15, 0.2) is 5.82 Å². The minimum absolute atomic E-state index is 0. The first-order chi connectivity index (χ1) is 17.2. The third-order valence-corrected chi connectivity index (χ3v) is 6.96. The van der Waals surface area contributed by atoms with Crippen LogP contribution in [0.3, 0.4) is 0 Å². The predicted octanol–water partition coefficient (Wildman–Crippen LogP) is 3.20. The van der Waals surface area contributed by atoms with E-state index >= 15 is 0 Å². The van der Waals surface area contributed by atoms with Gasteiger partial charge >= 0.3 is 0 Å². The van der Waals surface area contributed by atoms with Crippen molar-refractivity contribution < 1.29 is 14.2 Å². The Morgan fingerprint density at radius 2 is 1.83 bits per heavy atom. The fraction of sp³-hybridized carbons (Fsp3) is 0.500. The van der Waals surface area contributed by atoms with Gasteiger partial charge in [0.2, 0.25) is 0 Å². The molecule has 2 aliphatic rings. The molecule has 0 spiro atoms. The minimum Gasteiger partial charge on any atom is -0.497 e. The number of ether oxygens (including phenoxy) is 3. The molecule has 0 N–H and O–H groups in total. The van der Waals surface area contributed by atoms with Gasteiger partial charge in [-0.2, -0.15) is 0 Å². The Morgan fingerprint density at radius 1 is 1.03 bits per heavy atom. The van der Waals surface area contributed by atoms with E-state index in [-0.39, 0.29) is 24.6 Å². The molecule has 10 heteroatoms. The lowest BCUT2D eigenvalue weighted by Crippen LogP contribution is -2.48. The molecule has 2 aromatic carbocycles. The van der Waals surface area contributed by atoms with Crippen LogP contribution in [0.5, 0.6) is 11.5 Å². The van der Waals surface area contributed by atoms with E-state index in [1.807, 2.05) is 16.8 Å². The van der Waals surface area contributed by atoms with E-state index in [2.05, 4.69) is 61.7 Å². The van der Waals surface area contributed by atoms with Crippen molar-refractivity contribution in [2.24, 2.45) is 0 Å². The average molecular weight is 515 g/mol. The molecule has 2 unspecified atom stereocenters. The second-order valence-electron chi connectivity index (χ2n) is 9.16. The van der Waals surface area contributed by atoms with E-state index in [1.165, 1.54) is 5.56 Å². The molecular formula is C26H35ClN6O3. The highest BCUT2D eigenvalue weighted by molar-refractivity contribution is 5.85. The van der Waals surface area contributed by atoms with Gasteiger partial charge in [0.25, 0.3) is 0 Å². The average Bonchev–Trinajstić information content (AvgIpc) is 3.59. The van der Waals surface area contributed by atoms with Crippen LogP contribution in [0.2, 0.25) is 0 Å². The lowest BCUT2D eigenvalue weighted by atomic mass is 10.0. The zero-order valence-corrected chi connectivity index (χ0v) is 21.8. The smallest absolute Gasteiger partial charge is 0.173 e. The van der Waals surface area contributed by atoms with Crippen LogP contribution >= 0.6 is 12.4 Å². The summed E-state index contributed by atoms with van der Waals surface area (Å²) in [4.78, 5) is 4.97. The Morgan fingerprint density at radius 3 is 2.53 bits per heavy atom. The number of tetrazole rings is 1. The summed E-state index contributed by atoms with van der Waals surface area (Å²) < 4.78 is 19.1. The van der Waals surface area contributed by atoms with Gasteiger partial charge in [-0.15, -0.1) is 17.5 Å². The topological polar surface area (TPSA) is 77.8 Å². The summed E-state index contributed by atoms with van der Waals surface area (Å²) in [5, 5.41) is 12.9. The van der Waals surface area contributed by atoms with Crippen LogP contribution in [0.25, 0.3) is 0 Å². The predicted molar refractivity (Wildman–Crippen MR) is 139 cm³/mol.